The highest BCUT2D eigenvalue weighted by molar-refractivity contribution is 7.08. The van der Waals surface area contributed by atoms with Crippen molar-refractivity contribution in [1.29, 1.82) is 0 Å². The molecule has 0 radical (unpaired) electrons. The predicted octanol–water partition coefficient (Wildman–Crippen LogP) is 4.53. The molecule has 25 heavy (non-hydrogen) atoms. The Morgan fingerprint density at radius 3 is 2.40 bits per heavy atom. The molecule has 0 fully saturated rings. The number of carbonyl (C=O) groups is 2. The molecule has 2 amide bonds. The second kappa shape index (κ2) is 7.23. The quantitative estimate of drug-likeness (QED) is 0.720. The third kappa shape index (κ3) is 3.89. The number of benzene rings is 2. The predicted molar refractivity (Wildman–Crippen MR) is 93.0 cm³/mol. The minimum atomic E-state index is -1.06. The van der Waals surface area contributed by atoms with Crippen LogP contribution in [0.3, 0.4) is 0 Å². The summed E-state index contributed by atoms with van der Waals surface area (Å²) in [5.74, 6) is -2.94. The van der Waals surface area contributed by atoms with Crippen molar-refractivity contribution >= 4 is 34.5 Å². The Labute approximate surface area is 146 Å². The molecule has 0 bridgehead atoms. The van der Waals surface area contributed by atoms with Crippen molar-refractivity contribution in [2.45, 2.75) is 0 Å². The SMILES string of the molecule is O=C(Nc1ccccc1C(=O)Nc1ccc(F)c(F)c1)c1ccsc1. The van der Waals surface area contributed by atoms with Crippen molar-refractivity contribution in [2.75, 3.05) is 10.6 Å². The Kier molecular flexibility index (Phi) is 4.85. The molecule has 3 aromatic rings. The third-order valence-electron chi connectivity index (χ3n) is 3.38. The van der Waals surface area contributed by atoms with Crippen molar-refractivity contribution < 1.29 is 18.4 Å². The molecule has 0 aliphatic heterocycles. The van der Waals surface area contributed by atoms with E-state index in [2.05, 4.69) is 10.6 Å². The van der Waals surface area contributed by atoms with Crippen molar-refractivity contribution in [3.05, 3.63) is 82.1 Å². The summed E-state index contributed by atoms with van der Waals surface area (Å²) in [6, 6.07) is 11.2. The zero-order valence-electron chi connectivity index (χ0n) is 12.8. The lowest BCUT2D eigenvalue weighted by molar-refractivity contribution is 0.102. The summed E-state index contributed by atoms with van der Waals surface area (Å²) in [6.45, 7) is 0. The summed E-state index contributed by atoms with van der Waals surface area (Å²) in [6.07, 6.45) is 0. The summed E-state index contributed by atoms with van der Waals surface area (Å²) in [5.41, 5.74) is 1.12. The fourth-order valence-corrected chi connectivity index (χ4v) is 2.79. The molecule has 0 aliphatic carbocycles. The van der Waals surface area contributed by atoms with Gasteiger partial charge >= 0.3 is 0 Å². The lowest BCUT2D eigenvalue weighted by Gasteiger charge is -2.11. The Balaban J connectivity index is 1.81. The fraction of sp³-hybridized carbons (Fsp3) is 0. The Morgan fingerprint density at radius 1 is 0.880 bits per heavy atom. The van der Waals surface area contributed by atoms with Gasteiger partial charge in [0, 0.05) is 17.1 Å². The summed E-state index contributed by atoms with van der Waals surface area (Å²) >= 11 is 1.39. The second-order valence-corrected chi connectivity index (χ2v) is 5.87. The molecule has 0 saturated heterocycles. The molecule has 0 unspecified atom stereocenters. The van der Waals surface area contributed by atoms with Crippen LogP contribution in [0.4, 0.5) is 20.2 Å². The van der Waals surface area contributed by atoms with Crippen LogP contribution < -0.4 is 10.6 Å². The number of halogens is 2. The number of para-hydroxylation sites is 1. The molecule has 2 N–H and O–H groups in total. The summed E-state index contributed by atoms with van der Waals surface area (Å²) in [4.78, 5) is 24.6. The van der Waals surface area contributed by atoms with Crippen molar-refractivity contribution in [3.63, 3.8) is 0 Å². The molecular formula is C18H12F2N2O2S. The normalized spacial score (nSPS) is 10.3. The van der Waals surface area contributed by atoms with Gasteiger partial charge in [0.1, 0.15) is 0 Å². The maximum absolute atomic E-state index is 13.3. The summed E-state index contributed by atoms with van der Waals surface area (Å²) < 4.78 is 26.2. The molecule has 0 saturated carbocycles. The first-order chi connectivity index (χ1) is 12.0. The van der Waals surface area contributed by atoms with Crippen LogP contribution in [0.25, 0.3) is 0 Å². The number of nitrogens with one attached hydrogen (secondary N) is 2. The lowest BCUT2D eigenvalue weighted by Crippen LogP contribution is -2.18. The Bertz CT molecular complexity index is 927. The molecule has 4 nitrogen and oxygen atoms in total. The van der Waals surface area contributed by atoms with Gasteiger partial charge in [-0.3, -0.25) is 9.59 Å². The van der Waals surface area contributed by atoms with Gasteiger partial charge in [-0.2, -0.15) is 11.3 Å². The van der Waals surface area contributed by atoms with Gasteiger partial charge in [0.25, 0.3) is 11.8 Å². The monoisotopic (exact) mass is 358 g/mol. The first-order valence-electron chi connectivity index (χ1n) is 7.23. The average Bonchev–Trinajstić information content (AvgIpc) is 3.13. The number of hydrogen-bond donors (Lipinski definition) is 2. The molecule has 2 aromatic carbocycles. The minimum Gasteiger partial charge on any atom is -0.322 e. The zero-order valence-corrected chi connectivity index (χ0v) is 13.6. The van der Waals surface area contributed by atoms with Crippen LogP contribution in [-0.4, -0.2) is 11.8 Å². The van der Waals surface area contributed by atoms with E-state index in [1.807, 2.05) is 0 Å². The summed E-state index contributed by atoms with van der Waals surface area (Å²) in [5, 5.41) is 8.62. The number of rotatable bonds is 4. The third-order valence-corrected chi connectivity index (χ3v) is 4.06. The zero-order chi connectivity index (χ0) is 17.8. The van der Waals surface area contributed by atoms with Crippen LogP contribution >= 0.6 is 11.3 Å². The van der Waals surface area contributed by atoms with Crippen LogP contribution in [0.15, 0.2) is 59.3 Å². The maximum atomic E-state index is 13.3. The number of amides is 2. The van der Waals surface area contributed by atoms with Crippen LogP contribution in [0.5, 0.6) is 0 Å². The van der Waals surface area contributed by atoms with Crippen molar-refractivity contribution in [3.8, 4) is 0 Å². The van der Waals surface area contributed by atoms with Crippen molar-refractivity contribution in [1.82, 2.24) is 0 Å². The van der Waals surface area contributed by atoms with E-state index in [9.17, 15) is 18.4 Å². The van der Waals surface area contributed by atoms with E-state index in [-0.39, 0.29) is 17.2 Å². The van der Waals surface area contributed by atoms with Gasteiger partial charge in [-0.15, -0.1) is 0 Å². The molecule has 0 atom stereocenters. The van der Waals surface area contributed by atoms with Gasteiger partial charge in [-0.05, 0) is 35.7 Å². The Hall–Kier alpha value is -3.06. The molecule has 1 heterocycles. The number of hydrogen-bond acceptors (Lipinski definition) is 3. The van der Waals surface area contributed by atoms with Gasteiger partial charge < -0.3 is 10.6 Å². The maximum Gasteiger partial charge on any atom is 0.257 e. The van der Waals surface area contributed by atoms with Gasteiger partial charge in [0.2, 0.25) is 0 Å². The van der Waals surface area contributed by atoms with Gasteiger partial charge in [0.15, 0.2) is 11.6 Å². The van der Waals surface area contributed by atoms with Crippen molar-refractivity contribution in [2.24, 2.45) is 0 Å². The molecule has 0 spiro atoms. The van der Waals surface area contributed by atoms with E-state index in [1.54, 1.807) is 35.0 Å². The van der Waals surface area contributed by atoms with E-state index >= 15 is 0 Å². The Morgan fingerprint density at radius 2 is 1.68 bits per heavy atom. The highest BCUT2D eigenvalue weighted by Gasteiger charge is 2.15. The molecule has 0 aliphatic rings. The fourth-order valence-electron chi connectivity index (χ4n) is 2.15. The standard InChI is InChI=1S/C18H12F2N2O2S/c19-14-6-5-12(9-15(14)20)21-18(24)13-3-1-2-4-16(13)22-17(23)11-7-8-25-10-11/h1-10H,(H,21,24)(H,22,23). The topological polar surface area (TPSA) is 58.2 Å². The largest absolute Gasteiger partial charge is 0.322 e. The van der Waals surface area contributed by atoms with Gasteiger partial charge in [-0.1, -0.05) is 12.1 Å². The number of anilines is 2. The van der Waals surface area contributed by atoms with Crippen LogP contribution in [0.2, 0.25) is 0 Å². The first-order valence-corrected chi connectivity index (χ1v) is 8.18. The molecular weight excluding hydrogens is 346 g/mol. The van der Waals surface area contributed by atoms with E-state index in [0.29, 0.717) is 11.3 Å². The first kappa shape index (κ1) is 16.8. The molecule has 3 rings (SSSR count). The highest BCUT2D eigenvalue weighted by atomic mass is 32.1. The lowest BCUT2D eigenvalue weighted by atomic mass is 10.1. The second-order valence-electron chi connectivity index (χ2n) is 5.09. The average molecular weight is 358 g/mol. The smallest absolute Gasteiger partial charge is 0.257 e. The van der Waals surface area contributed by atoms with E-state index in [0.717, 1.165) is 12.1 Å². The van der Waals surface area contributed by atoms with E-state index in [1.165, 1.54) is 23.5 Å². The molecule has 1 aromatic heterocycles. The molecule has 126 valence electrons. The van der Waals surface area contributed by atoms with Crippen LogP contribution in [0.1, 0.15) is 20.7 Å². The minimum absolute atomic E-state index is 0.114. The van der Waals surface area contributed by atoms with Crippen LogP contribution in [-0.2, 0) is 0 Å². The number of carbonyl (C=O) groups excluding carboxylic acids is 2. The number of thiophene rings is 1. The van der Waals surface area contributed by atoms with Crippen LogP contribution in [0, 0.1) is 11.6 Å². The van der Waals surface area contributed by atoms with E-state index in [4.69, 9.17) is 0 Å². The van der Waals surface area contributed by atoms with Gasteiger partial charge in [0.05, 0.1) is 16.8 Å². The van der Waals surface area contributed by atoms with Gasteiger partial charge in [-0.25, -0.2) is 8.78 Å². The van der Waals surface area contributed by atoms with E-state index < -0.39 is 17.5 Å². The molecule has 7 heteroatoms. The summed E-state index contributed by atoms with van der Waals surface area (Å²) in [7, 11) is 0. The highest BCUT2D eigenvalue weighted by Crippen LogP contribution is 2.20.